The molecule has 1 aliphatic heterocycles. The van der Waals surface area contributed by atoms with Crippen molar-refractivity contribution in [3.8, 4) is 0 Å². The summed E-state index contributed by atoms with van der Waals surface area (Å²) in [6.07, 6.45) is 0.447. The summed E-state index contributed by atoms with van der Waals surface area (Å²) >= 11 is 0. The Labute approximate surface area is 105 Å². The molecule has 3 N–H and O–H groups in total. The number of halogens is 2. The van der Waals surface area contributed by atoms with Crippen LogP contribution >= 0.6 is 0 Å². The maximum atomic E-state index is 13.2. The van der Waals surface area contributed by atoms with Crippen molar-refractivity contribution in [2.24, 2.45) is 11.1 Å². The summed E-state index contributed by atoms with van der Waals surface area (Å²) in [5, 5.41) is 10.4. The molecule has 18 heavy (non-hydrogen) atoms. The minimum atomic E-state index is -1.02. The molecule has 0 aromatic heterocycles. The number of nitrogens with two attached hydrogens (primary N) is 1. The van der Waals surface area contributed by atoms with Gasteiger partial charge in [-0.1, -0.05) is 0 Å². The molecule has 1 saturated heterocycles. The number of aliphatic hydroxyl groups excluding tert-OH is 1. The van der Waals surface area contributed by atoms with Gasteiger partial charge in [0.25, 0.3) is 0 Å². The van der Waals surface area contributed by atoms with E-state index in [1.807, 2.05) is 0 Å². The van der Waals surface area contributed by atoms with E-state index in [-0.39, 0.29) is 12.1 Å². The van der Waals surface area contributed by atoms with Crippen molar-refractivity contribution < 1.29 is 18.6 Å². The molecule has 1 fully saturated rings. The molecule has 0 saturated carbocycles. The number of ether oxygens (including phenoxy) is 1. The minimum Gasteiger partial charge on any atom is -0.388 e. The zero-order valence-electron chi connectivity index (χ0n) is 10.0. The normalized spacial score (nSPS) is 26.0. The summed E-state index contributed by atoms with van der Waals surface area (Å²) in [6, 6.07) is 3.06. The summed E-state index contributed by atoms with van der Waals surface area (Å²) in [4.78, 5) is 0. The summed E-state index contributed by atoms with van der Waals surface area (Å²) in [5.74, 6) is -1.40. The summed E-state index contributed by atoms with van der Waals surface area (Å²) in [5.41, 5.74) is 5.28. The van der Waals surface area contributed by atoms with Crippen LogP contribution in [0.4, 0.5) is 8.78 Å². The zero-order chi connectivity index (χ0) is 13.2. The number of hydrogen-bond acceptors (Lipinski definition) is 3. The van der Waals surface area contributed by atoms with Crippen LogP contribution in [-0.2, 0) is 4.74 Å². The van der Waals surface area contributed by atoms with E-state index in [2.05, 4.69) is 0 Å². The molecule has 0 bridgehead atoms. The average molecular weight is 257 g/mol. The van der Waals surface area contributed by atoms with Gasteiger partial charge in [0.15, 0.2) is 0 Å². The summed E-state index contributed by atoms with van der Waals surface area (Å²) in [7, 11) is 0. The lowest BCUT2D eigenvalue weighted by molar-refractivity contribution is -0.0783. The highest BCUT2D eigenvalue weighted by atomic mass is 19.1. The van der Waals surface area contributed by atoms with Gasteiger partial charge in [-0.05, 0) is 30.5 Å². The molecule has 2 rings (SSSR count). The molecule has 2 atom stereocenters. The smallest absolute Gasteiger partial charge is 0.126 e. The molecule has 100 valence electrons. The van der Waals surface area contributed by atoms with Crippen LogP contribution in [0.1, 0.15) is 24.5 Å². The monoisotopic (exact) mass is 257 g/mol. The van der Waals surface area contributed by atoms with Crippen molar-refractivity contribution in [1.82, 2.24) is 0 Å². The van der Waals surface area contributed by atoms with Crippen LogP contribution in [0.15, 0.2) is 18.2 Å². The van der Waals surface area contributed by atoms with E-state index in [1.54, 1.807) is 0 Å². The molecule has 0 aliphatic carbocycles. The van der Waals surface area contributed by atoms with Gasteiger partial charge in [-0.3, -0.25) is 0 Å². The Hall–Kier alpha value is -1.04. The fraction of sp³-hybridized carbons (Fsp3) is 0.538. The van der Waals surface area contributed by atoms with Crippen LogP contribution in [0, 0.1) is 17.0 Å². The maximum absolute atomic E-state index is 13.2. The first-order chi connectivity index (χ1) is 8.57. The zero-order valence-corrected chi connectivity index (χ0v) is 10.0. The van der Waals surface area contributed by atoms with Gasteiger partial charge in [-0.2, -0.15) is 0 Å². The van der Waals surface area contributed by atoms with E-state index in [4.69, 9.17) is 10.5 Å². The summed E-state index contributed by atoms with van der Waals surface area (Å²) in [6.45, 7) is 1.15. The SMILES string of the molecule is NCC1(C(O)c2cc(F)cc(F)c2)CCCOC1. The highest BCUT2D eigenvalue weighted by Crippen LogP contribution is 2.40. The fourth-order valence-electron chi connectivity index (χ4n) is 2.45. The number of aliphatic hydroxyl groups is 1. The number of rotatable bonds is 3. The number of hydrogen-bond donors (Lipinski definition) is 2. The van der Waals surface area contributed by atoms with Crippen LogP contribution in [0.2, 0.25) is 0 Å². The van der Waals surface area contributed by atoms with Crippen LogP contribution < -0.4 is 5.73 Å². The van der Waals surface area contributed by atoms with E-state index < -0.39 is 23.2 Å². The Morgan fingerprint density at radius 1 is 1.33 bits per heavy atom. The quantitative estimate of drug-likeness (QED) is 0.867. The van der Waals surface area contributed by atoms with Gasteiger partial charge in [-0.15, -0.1) is 0 Å². The molecule has 0 radical (unpaired) electrons. The topological polar surface area (TPSA) is 55.5 Å². The lowest BCUT2D eigenvalue weighted by Gasteiger charge is -2.40. The van der Waals surface area contributed by atoms with Gasteiger partial charge in [0.1, 0.15) is 11.6 Å². The highest BCUT2D eigenvalue weighted by molar-refractivity contribution is 5.22. The van der Waals surface area contributed by atoms with E-state index in [0.717, 1.165) is 24.6 Å². The highest BCUT2D eigenvalue weighted by Gasteiger charge is 2.39. The molecular weight excluding hydrogens is 240 g/mol. The van der Waals surface area contributed by atoms with Crippen molar-refractivity contribution in [2.45, 2.75) is 18.9 Å². The van der Waals surface area contributed by atoms with Gasteiger partial charge in [0, 0.05) is 24.6 Å². The standard InChI is InChI=1S/C13H17F2NO2/c14-10-4-9(5-11(15)6-10)12(17)13(7-16)2-1-3-18-8-13/h4-6,12,17H,1-3,7-8,16H2. The van der Waals surface area contributed by atoms with Gasteiger partial charge < -0.3 is 15.6 Å². The lowest BCUT2D eigenvalue weighted by atomic mass is 9.75. The maximum Gasteiger partial charge on any atom is 0.126 e. The van der Waals surface area contributed by atoms with E-state index in [9.17, 15) is 13.9 Å². The average Bonchev–Trinajstić information content (AvgIpc) is 2.37. The lowest BCUT2D eigenvalue weighted by Crippen LogP contribution is -2.43. The van der Waals surface area contributed by atoms with E-state index >= 15 is 0 Å². The van der Waals surface area contributed by atoms with Crippen molar-refractivity contribution in [3.05, 3.63) is 35.4 Å². The first-order valence-corrected chi connectivity index (χ1v) is 5.99. The van der Waals surface area contributed by atoms with Crippen molar-refractivity contribution in [3.63, 3.8) is 0 Å². The number of benzene rings is 1. The Morgan fingerprint density at radius 3 is 2.50 bits per heavy atom. The first-order valence-electron chi connectivity index (χ1n) is 5.99. The third-order valence-electron chi connectivity index (χ3n) is 3.54. The van der Waals surface area contributed by atoms with E-state index in [0.29, 0.717) is 19.6 Å². The third kappa shape index (κ3) is 2.53. The largest absolute Gasteiger partial charge is 0.388 e. The Balaban J connectivity index is 2.30. The second-order valence-corrected chi connectivity index (χ2v) is 4.83. The van der Waals surface area contributed by atoms with Crippen molar-refractivity contribution in [1.29, 1.82) is 0 Å². The Bertz CT molecular complexity index is 399. The molecule has 1 aliphatic rings. The predicted octanol–water partition coefficient (Wildman–Crippen LogP) is 1.75. The van der Waals surface area contributed by atoms with Crippen LogP contribution in [0.3, 0.4) is 0 Å². The minimum absolute atomic E-state index is 0.212. The van der Waals surface area contributed by atoms with Crippen LogP contribution in [0.5, 0.6) is 0 Å². The predicted molar refractivity (Wildman–Crippen MR) is 62.9 cm³/mol. The Kier molecular flexibility index (Phi) is 3.94. The van der Waals surface area contributed by atoms with Crippen molar-refractivity contribution >= 4 is 0 Å². The van der Waals surface area contributed by atoms with Crippen LogP contribution in [0.25, 0.3) is 0 Å². The molecule has 1 aromatic rings. The fourth-order valence-corrected chi connectivity index (χ4v) is 2.45. The second-order valence-electron chi connectivity index (χ2n) is 4.83. The Morgan fingerprint density at radius 2 is 2.00 bits per heavy atom. The molecule has 3 nitrogen and oxygen atoms in total. The van der Waals surface area contributed by atoms with Crippen molar-refractivity contribution in [2.75, 3.05) is 19.8 Å². The van der Waals surface area contributed by atoms with Gasteiger partial charge in [-0.25, -0.2) is 8.78 Å². The third-order valence-corrected chi connectivity index (χ3v) is 3.54. The molecule has 2 unspecified atom stereocenters. The molecule has 0 spiro atoms. The van der Waals surface area contributed by atoms with E-state index in [1.165, 1.54) is 0 Å². The van der Waals surface area contributed by atoms with Gasteiger partial charge >= 0.3 is 0 Å². The van der Waals surface area contributed by atoms with Crippen LogP contribution in [-0.4, -0.2) is 24.9 Å². The molecule has 0 amide bonds. The molecule has 1 heterocycles. The first kappa shape index (κ1) is 13.4. The molecule has 1 aromatic carbocycles. The molecule has 5 heteroatoms. The van der Waals surface area contributed by atoms with Gasteiger partial charge in [0.2, 0.25) is 0 Å². The molecular formula is C13H17F2NO2. The van der Waals surface area contributed by atoms with Gasteiger partial charge in [0.05, 0.1) is 12.7 Å². The summed E-state index contributed by atoms with van der Waals surface area (Å²) < 4.78 is 31.7. The second kappa shape index (κ2) is 5.30.